The van der Waals surface area contributed by atoms with Crippen molar-refractivity contribution in [2.75, 3.05) is 44.4 Å². The van der Waals surface area contributed by atoms with Crippen molar-refractivity contribution in [2.24, 2.45) is 5.92 Å². The van der Waals surface area contributed by atoms with E-state index in [1.165, 1.54) is 4.31 Å². The molecular formula is C29H42N4O5S. The van der Waals surface area contributed by atoms with Gasteiger partial charge in [0.15, 0.2) is 0 Å². The Balaban J connectivity index is 1.71. The van der Waals surface area contributed by atoms with Gasteiger partial charge in [-0.1, -0.05) is 51.1 Å². The van der Waals surface area contributed by atoms with Crippen LogP contribution in [0.3, 0.4) is 0 Å². The van der Waals surface area contributed by atoms with E-state index in [1.807, 2.05) is 56.0 Å². The van der Waals surface area contributed by atoms with E-state index in [9.17, 15) is 18.0 Å². The number of hydrogen-bond acceptors (Lipinski definition) is 5. The van der Waals surface area contributed by atoms with Gasteiger partial charge in [0.05, 0.1) is 19.4 Å². The fourth-order valence-corrected chi connectivity index (χ4v) is 6.38. The molecule has 2 aromatic carbocycles. The van der Waals surface area contributed by atoms with E-state index in [1.54, 1.807) is 36.3 Å². The van der Waals surface area contributed by atoms with E-state index in [0.717, 1.165) is 5.56 Å². The van der Waals surface area contributed by atoms with E-state index in [2.05, 4.69) is 5.32 Å². The van der Waals surface area contributed by atoms with Crippen molar-refractivity contribution in [3.05, 3.63) is 60.2 Å². The van der Waals surface area contributed by atoms with Gasteiger partial charge in [-0.05, 0) is 55.0 Å². The summed E-state index contributed by atoms with van der Waals surface area (Å²) in [6.45, 7) is 7.24. The van der Waals surface area contributed by atoms with Crippen LogP contribution < -0.4 is 10.1 Å². The second kappa shape index (κ2) is 14.3. The first kappa shape index (κ1) is 30.4. The summed E-state index contributed by atoms with van der Waals surface area (Å²) >= 11 is 0. The number of nitrogens with one attached hydrogen (secondary N) is 1. The molecule has 9 nitrogen and oxygen atoms in total. The van der Waals surface area contributed by atoms with Crippen molar-refractivity contribution in [1.82, 2.24) is 14.1 Å². The van der Waals surface area contributed by atoms with Crippen molar-refractivity contribution in [1.29, 1.82) is 0 Å². The highest BCUT2D eigenvalue weighted by atomic mass is 32.2. The predicted molar refractivity (Wildman–Crippen MR) is 154 cm³/mol. The standard InChI is InChI=1S/C29H42N4O5S/c1-5-19-39(36,37)32(20-23(2)3)22-28(34)33(21-24-9-7-6-8-10-24)26-15-17-31(18-16-26)29(35)30-25-11-13-27(38-4)14-12-25/h6-14,23,26H,5,15-22H2,1-4H3,(H,30,35). The van der Waals surface area contributed by atoms with Crippen molar-refractivity contribution in [2.45, 2.75) is 52.6 Å². The number of sulfonamides is 1. The van der Waals surface area contributed by atoms with Crippen LogP contribution in [0.2, 0.25) is 0 Å². The Morgan fingerprint density at radius 3 is 2.26 bits per heavy atom. The van der Waals surface area contributed by atoms with E-state index >= 15 is 0 Å². The van der Waals surface area contributed by atoms with Gasteiger partial charge in [-0.15, -0.1) is 0 Å². The number of nitrogens with zero attached hydrogens (tertiary/aromatic N) is 3. The average Bonchev–Trinajstić information content (AvgIpc) is 2.92. The van der Waals surface area contributed by atoms with Crippen LogP contribution in [0.25, 0.3) is 0 Å². The lowest BCUT2D eigenvalue weighted by atomic mass is 10.0. The number of anilines is 1. The van der Waals surface area contributed by atoms with Crippen LogP contribution in [0.4, 0.5) is 10.5 Å². The van der Waals surface area contributed by atoms with Gasteiger partial charge < -0.3 is 19.9 Å². The Morgan fingerprint density at radius 2 is 1.69 bits per heavy atom. The van der Waals surface area contributed by atoms with Gasteiger partial charge in [0.1, 0.15) is 5.75 Å². The molecular weight excluding hydrogens is 516 g/mol. The molecule has 2 aromatic rings. The summed E-state index contributed by atoms with van der Waals surface area (Å²) in [4.78, 5) is 30.1. The lowest BCUT2D eigenvalue weighted by Crippen LogP contribution is -2.52. The van der Waals surface area contributed by atoms with Gasteiger partial charge in [0, 0.05) is 37.9 Å². The number of benzene rings is 2. The quantitative estimate of drug-likeness (QED) is 0.416. The van der Waals surface area contributed by atoms with Crippen molar-refractivity contribution in [3.8, 4) is 5.75 Å². The Morgan fingerprint density at radius 1 is 1.05 bits per heavy atom. The molecule has 0 radical (unpaired) electrons. The molecule has 0 aromatic heterocycles. The number of rotatable bonds is 12. The number of carbonyl (C=O) groups is 2. The van der Waals surface area contributed by atoms with Crippen LogP contribution in [-0.2, 0) is 21.4 Å². The number of ether oxygens (including phenoxy) is 1. The van der Waals surface area contributed by atoms with Gasteiger partial charge >= 0.3 is 6.03 Å². The van der Waals surface area contributed by atoms with Crippen molar-refractivity contribution < 1.29 is 22.7 Å². The molecule has 0 bridgehead atoms. The van der Waals surface area contributed by atoms with Gasteiger partial charge in [0.2, 0.25) is 15.9 Å². The molecule has 39 heavy (non-hydrogen) atoms. The van der Waals surface area contributed by atoms with Crippen molar-refractivity contribution >= 4 is 27.6 Å². The average molecular weight is 559 g/mol. The summed E-state index contributed by atoms with van der Waals surface area (Å²) in [6, 6.07) is 16.6. The Labute approximate surface area is 233 Å². The first-order chi connectivity index (χ1) is 18.6. The first-order valence-corrected chi connectivity index (χ1v) is 15.2. The molecule has 10 heteroatoms. The molecule has 1 aliphatic heterocycles. The molecule has 0 aliphatic carbocycles. The summed E-state index contributed by atoms with van der Waals surface area (Å²) in [7, 11) is -1.94. The minimum atomic E-state index is -3.54. The topological polar surface area (TPSA) is 99.3 Å². The SMILES string of the molecule is CCCS(=O)(=O)N(CC(=O)N(Cc1ccccc1)C1CCN(C(=O)Nc2ccc(OC)cc2)CC1)CC(C)C. The second-order valence-corrected chi connectivity index (χ2v) is 12.5. The smallest absolute Gasteiger partial charge is 0.321 e. The summed E-state index contributed by atoms with van der Waals surface area (Å²) in [5, 5.41) is 2.92. The van der Waals surface area contributed by atoms with Crippen LogP contribution in [0.15, 0.2) is 54.6 Å². The van der Waals surface area contributed by atoms with Gasteiger partial charge in [0.25, 0.3) is 0 Å². The first-order valence-electron chi connectivity index (χ1n) is 13.6. The normalized spacial score (nSPS) is 14.5. The zero-order chi connectivity index (χ0) is 28.4. The molecule has 214 valence electrons. The molecule has 1 aliphatic rings. The van der Waals surface area contributed by atoms with Crippen LogP contribution in [0, 0.1) is 5.92 Å². The fraction of sp³-hybridized carbons (Fsp3) is 0.517. The van der Waals surface area contributed by atoms with Crippen LogP contribution in [0.1, 0.15) is 45.6 Å². The number of amides is 3. The molecule has 0 saturated carbocycles. The molecule has 0 unspecified atom stereocenters. The highest BCUT2D eigenvalue weighted by Gasteiger charge is 2.33. The largest absolute Gasteiger partial charge is 0.497 e. The molecule has 1 heterocycles. The van der Waals surface area contributed by atoms with E-state index in [-0.39, 0.29) is 36.2 Å². The van der Waals surface area contributed by atoms with E-state index in [0.29, 0.717) is 56.9 Å². The van der Waals surface area contributed by atoms with Gasteiger partial charge in [-0.25, -0.2) is 13.2 Å². The molecule has 1 fully saturated rings. The third-order valence-electron chi connectivity index (χ3n) is 6.79. The fourth-order valence-electron chi connectivity index (χ4n) is 4.77. The predicted octanol–water partition coefficient (Wildman–Crippen LogP) is 4.42. The number of methoxy groups -OCH3 is 1. The zero-order valence-corrected chi connectivity index (χ0v) is 24.3. The summed E-state index contributed by atoms with van der Waals surface area (Å²) in [5.74, 6) is 0.624. The van der Waals surface area contributed by atoms with Gasteiger partial charge in [-0.3, -0.25) is 4.79 Å². The van der Waals surface area contributed by atoms with Crippen LogP contribution in [0.5, 0.6) is 5.75 Å². The highest BCUT2D eigenvalue weighted by Crippen LogP contribution is 2.22. The lowest BCUT2D eigenvalue weighted by molar-refractivity contribution is -0.135. The molecule has 1 saturated heterocycles. The highest BCUT2D eigenvalue weighted by molar-refractivity contribution is 7.89. The summed E-state index contributed by atoms with van der Waals surface area (Å²) < 4.78 is 32.4. The Kier molecular flexibility index (Phi) is 11.2. The minimum absolute atomic E-state index is 0.0212. The number of likely N-dealkylation sites (tertiary alicyclic amines) is 1. The van der Waals surface area contributed by atoms with Crippen molar-refractivity contribution in [3.63, 3.8) is 0 Å². The zero-order valence-electron chi connectivity index (χ0n) is 23.5. The number of urea groups is 1. The second-order valence-electron chi connectivity index (χ2n) is 10.4. The Hall–Kier alpha value is -3.11. The maximum atomic E-state index is 13.7. The molecule has 1 N–H and O–H groups in total. The molecule has 3 rings (SSSR count). The maximum Gasteiger partial charge on any atom is 0.321 e. The molecule has 0 atom stereocenters. The number of carbonyl (C=O) groups excluding carboxylic acids is 2. The number of piperidine rings is 1. The van der Waals surface area contributed by atoms with E-state index < -0.39 is 10.0 Å². The maximum absolute atomic E-state index is 13.7. The van der Waals surface area contributed by atoms with Crippen LogP contribution >= 0.6 is 0 Å². The third-order valence-corrected chi connectivity index (χ3v) is 8.77. The minimum Gasteiger partial charge on any atom is -0.497 e. The lowest BCUT2D eigenvalue weighted by Gasteiger charge is -2.39. The summed E-state index contributed by atoms with van der Waals surface area (Å²) in [5.41, 5.74) is 1.67. The molecule has 3 amide bonds. The van der Waals surface area contributed by atoms with Crippen LogP contribution in [-0.4, -0.2) is 79.5 Å². The van der Waals surface area contributed by atoms with E-state index in [4.69, 9.17) is 4.74 Å². The Bertz CT molecular complexity index is 1160. The number of hydrogen-bond donors (Lipinski definition) is 1. The summed E-state index contributed by atoms with van der Waals surface area (Å²) in [6.07, 6.45) is 1.72. The monoisotopic (exact) mass is 558 g/mol. The third kappa shape index (κ3) is 8.96. The molecule has 0 spiro atoms. The van der Waals surface area contributed by atoms with Gasteiger partial charge in [-0.2, -0.15) is 4.31 Å².